The van der Waals surface area contributed by atoms with Crippen molar-refractivity contribution in [2.75, 3.05) is 18.9 Å². The zero-order chi connectivity index (χ0) is 14.1. The highest BCUT2D eigenvalue weighted by atomic mass is 32.2. The Hall–Kier alpha value is -1.57. The number of thioether (sulfide) groups is 1. The van der Waals surface area contributed by atoms with Crippen molar-refractivity contribution < 1.29 is 29.0 Å². The summed E-state index contributed by atoms with van der Waals surface area (Å²) in [6.07, 6.45) is 0. The van der Waals surface area contributed by atoms with Gasteiger partial charge in [0.15, 0.2) is 0 Å². The minimum absolute atomic E-state index is 0.115. The highest BCUT2D eigenvalue weighted by Crippen LogP contribution is 2.10. The van der Waals surface area contributed by atoms with Gasteiger partial charge in [-0.05, 0) is 13.8 Å². The smallest absolute Gasteiger partial charge is 0.375 e. The normalized spacial score (nSPS) is 11.4. The van der Waals surface area contributed by atoms with Crippen LogP contribution in [0.25, 0.3) is 0 Å². The molecular formula is C10H15NO6S. The third-order valence-corrected chi connectivity index (χ3v) is 2.89. The topological polar surface area (TPSA) is 110 Å². The number of carbonyl (C=O) groups excluding carboxylic acids is 3. The molecule has 8 heteroatoms. The first kappa shape index (κ1) is 16.4. The molecule has 0 aliphatic rings. The number of carbonyl (C=O) groups is 4. The van der Waals surface area contributed by atoms with Crippen LogP contribution < -0.4 is 5.32 Å². The Morgan fingerprint density at radius 3 is 2.44 bits per heavy atom. The molecule has 7 nitrogen and oxygen atoms in total. The van der Waals surface area contributed by atoms with E-state index >= 15 is 0 Å². The number of rotatable bonds is 8. The lowest BCUT2D eigenvalue weighted by Crippen LogP contribution is -2.35. The Kier molecular flexibility index (Phi) is 7.77. The Labute approximate surface area is 108 Å². The maximum Gasteiger partial charge on any atom is 0.375 e. The lowest BCUT2D eigenvalue weighted by Gasteiger charge is -2.09. The van der Waals surface area contributed by atoms with Crippen molar-refractivity contribution in [2.24, 2.45) is 0 Å². The zero-order valence-corrected chi connectivity index (χ0v) is 10.9. The van der Waals surface area contributed by atoms with Gasteiger partial charge in [-0.15, -0.1) is 11.8 Å². The molecule has 0 rings (SSSR count). The second-order valence-electron chi connectivity index (χ2n) is 3.21. The van der Waals surface area contributed by atoms with Crippen LogP contribution in [0.2, 0.25) is 0 Å². The number of ether oxygens (including phenoxy) is 1. The van der Waals surface area contributed by atoms with Gasteiger partial charge in [0.25, 0.3) is 0 Å². The molecule has 2 N–H and O–H groups in total. The molecule has 0 fully saturated rings. The van der Waals surface area contributed by atoms with Gasteiger partial charge in [-0.2, -0.15) is 0 Å². The fourth-order valence-corrected chi connectivity index (χ4v) is 1.61. The molecule has 1 unspecified atom stereocenters. The van der Waals surface area contributed by atoms with Crippen LogP contribution in [0.1, 0.15) is 13.8 Å². The Bertz CT molecular complexity index is 343. The number of aliphatic carboxylic acids is 1. The summed E-state index contributed by atoms with van der Waals surface area (Å²) < 4.78 is 4.50. The fraction of sp³-hybridized carbons (Fsp3) is 0.600. The van der Waals surface area contributed by atoms with Crippen molar-refractivity contribution in [3.8, 4) is 0 Å². The van der Waals surface area contributed by atoms with Gasteiger partial charge in [-0.25, -0.2) is 4.79 Å². The molecule has 1 atom stereocenters. The van der Waals surface area contributed by atoms with Crippen molar-refractivity contribution in [1.29, 1.82) is 0 Å². The number of carboxylic acids is 1. The standard InChI is InChI=1S/C10H15NO6S/c1-3-17-10(16)7(12)5-18-6(2)9(15)11-4-8(13)14/h6H,3-5H2,1-2H3,(H,11,15)(H,13,14). The van der Waals surface area contributed by atoms with Crippen LogP contribution in [0.15, 0.2) is 0 Å². The van der Waals surface area contributed by atoms with E-state index in [0.717, 1.165) is 11.8 Å². The Balaban J connectivity index is 3.98. The average molecular weight is 277 g/mol. The summed E-state index contributed by atoms with van der Waals surface area (Å²) in [6.45, 7) is 2.74. The first-order chi connectivity index (χ1) is 8.38. The number of nitrogens with one attached hydrogen (secondary N) is 1. The van der Waals surface area contributed by atoms with Crippen LogP contribution in [-0.2, 0) is 23.9 Å². The summed E-state index contributed by atoms with van der Waals surface area (Å²) in [5.74, 6) is -3.48. The van der Waals surface area contributed by atoms with Crippen molar-refractivity contribution in [3.05, 3.63) is 0 Å². The van der Waals surface area contributed by atoms with E-state index in [9.17, 15) is 19.2 Å². The van der Waals surface area contributed by atoms with Crippen molar-refractivity contribution >= 4 is 35.4 Å². The van der Waals surface area contributed by atoms with Gasteiger partial charge in [0.2, 0.25) is 11.7 Å². The predicted octanol–water partition coefficient (Wildman–Crippen LogP) is -0.559. The number of hydrogen-bond acceptors (Lipinski definition) is 6. The molecule has 0 saturated heterocycles. The molecule has 18 heavy (non-hydrogen) atoms. The van der Waals surface area contributed by atoms with Crippen LogP contribution in [-0.4, -0.2) is 52.9 Å². The Morgan fingerprint density at radius 2 is 1.94 bits per heavy atom. The molecule has 0 heterocycles. The number of esters is 1. The third-order valence-electron chi connectivity index (χ3n) is 1.75. The van der Waals surface area contributed by atoms with Gasteiger partial charge in [-0.1, -0.05) is 0 Å². The minimum atomic E-state index is -1.15. The van der Waals surface area contributed by atoms with Gasteiger partial charge in [0.1, 0.15) is 6.54 Å². The van der Waals surface area contributed by atoms with Gasteiger partial charge in [-0.3, -0.25) is 14.4 Å². The predicted molar refractivity (Wildman–Crippen MR) is 64.2 cm³/mol. The van der Waals surface area contributed by atoms with Gasteiger partial charge < -0.3 is 15.2 Å². The minimum Gasteiger partial charge on any atom is -0.480 e. The molecular weight excluding hydrogens is 262 g/mol. The monoisotopic (exact) mass is 277 g/mol. The molecule has 0 spiro atoms. The first-order valence-corrected chi connectivity index (χ1v) is 6.24. The summed E-state index contributed by atoms with van der Waals surface area (Å²) in [5, 5.41) is 9.91. The zero-order valence-electron chi connectivity index (χ0n) is 10.1. The number of hydrogen-bond donors (Lipinski definition) is 2. The second-order valence-corrected chi connectivity index (χ2v) is 4.54. The van der Waals surface area contributed by atoms with Crippen molar-refractivity contribution in [3.63, 3.8) is 0 Å². The largest absolute Gasteiger partial charge is 0.480 e. The van der Waals surface area contributed by atoms with Gasteiger partial charge in [0, 0.05) is 0 Å². The molecule has 1 amide bonds. The summed E-state index contributed by atoms with van der Waals surface area (Å²) in [6, 6.07) is 0. The number of carboxylic acid groups (broad SMARTS) is 1. The number of amides is 1. The number of ketones is 1. The Morgan fingerprint density at radius 1 is 1.33 bits per heavy atom. The van der Waals surface area contributed by atoms with E-state index in [0.29, 0.717) is 0 Å². The van der Waals surface area contributed by atoms with Gasteiger partial charge >= 0.3 is 11.9 Å². The maximum absolute atomic E-state index is 11.3. The van der Waals surface area contributed by atoms with Crippen molar-refractivity contribution in [1.82, 2.24) is 5.32 Å². The third kappa shape index (κ3) is 6.89. The first-order valence-electron chi connectivity index (χ1n) is 5.19. The van der Waals surface area contributed by atoms with E-state index in [1.165, 1.54) is 6.92 Å². The van der Waals surface area contributed by atoms with Crippen molar-refractivity contribution in [2.45, 2.75) is 19.1 Å². The van der Waals surface area contributed by atoms with E-state index in [-0.39, 0.29) is 12.4 Å². The molecule has 0 aliphatic carbocycles. The van der Waals surface area contributed by atoms with Crippen LogP contribution in [0.4, 0.5) is 0 Å². The molecule has 0 aromatic rings. The molecule has 0 aliphatic heterocycles. The summed E-state index contributed by atoms with van der Waals surface area (Å²) >= 11 is 0.943. The summed E-state index contributed by atoms with van der Waals surface area (Å²) in [5.41, 5.74) is 0. The van der Waals surface area contributed by atoms with Gasteiger partial charge in [0.05, 0.1) is 17.6 Å². The van der Waals surface area contributed by atoms with E-state index in [4.69, 9.17) is 5.11 Å². The van der Waals surface area contributed by atoms with Crippen LogP contribution in [0.5, 0.6) is 0 Å². The molecule has 0 radical (unpaired) electrons. The molecule has 0 saturated carbocycles. The summed E-state index contributed by atoms with van der Waals surface area (Å²) in [4.78, 5) is 43.7. The lowest BCUT2D eigenvalue weighted by molar-refractivity contribution is -0.152. The quantitative estimate of drug-likeness (QED) is 0.452. The highest BCUT2D eigenvalue weighted by molar-refractivity contribution is 8.01. The summed E-state index contributed by atoms with van der Waals surface area (Å²) in [7, 11) is 0. The molecule has 0 aromatic carbocycles. The second kappa shape index (κ2) is 8.51. The fourth-order valence-electron chi connectivity index (χ4n) is 0.853. The molecule has 102 valence electrons. The molecule has 0 aromatic heterocycles. The van der Waals surface area contributed by atoms with E-state index in [2.05, 4.69) is 10.1 Å². The van der Waals surface area contributed by atoms with Crippen LogP contribution >= 0.6 is 11.8 Å². The van der Waals surface area contributed by atoms with Crippen LogP contribution in [0, 0.1) is 0 Å². The average Bonchev–Trinajstić information content (AvgIpc) is 2.32. The highest BCUT2D eigenvalue weighted by Gasteiger charge is 2.19. The lowest BCUT2D eigenvalue weighted by atomic mass is 10.4. The van der Waals surface area contributed by atoms with E-state index in [1.807, 2.05) is 0 Å². The SMILES string of the molecule is CCOC(=O)C(=O)CSC(C)C(=O)NCC(=O)O. The van der Waals surface area contributed by atoms with Crippen LogP contribution in [0.3, 0.4) is 0 Å². The number of Topliss-reactive ketones (excluding diaryl/α,β-unsaturated/α-hetero) is 1. The maximum atomic E-state index is 11.3. The molecule has 0 bridgehead atoms. The van der Waals surface area contributed by atoms with E-state index in [1.54, 1.807) is 6.92 Å². The van der Waals surface area contributed by atoms with E-state index < -0.39 is 35.4 Å².